The summed E-state index contributed by atoms with van der Waals surface area (Å²) in [6, 6.07) is 84.3. The Bertz CT molecular complexity index is 3780. The number of hydrogen-bond donors (Lipinski definition) is 0. The molecule has 10 aromatic carbocycles. The molecule has 0 N–H and O–H groups in total. The number of hydrogen-bond acceptors (Lipinski definition) is 2. The van der Waals surface area contributed by atoms with E-state index in [2.05, 4.69) is 257 Å². The molecule has 3 aliphatic rings. The summed E-state index contributed by atoms with van der Waals surface area (Å²) in [5.74, 6) is 0. The molecule has 1 aromatic heterocycles. The molecule has 2 nitrogen and oxygen atoms in total. The van der Waals surface area contributed by atoms with Crippen LogP contribution in [0.3, 0.4) is 0 Å². The Labute approximate surface area is 404 Å². The van der Waals surface area contributed by atoms with Crippen LogP contribution in [-0.4, -0.2) is 8.07 Å². The van der Waals surface area contributed by atoms with Crippen LogP contribution in [0.2, 0.25) is 0 Å². The lowest BCUT2D eigenvalue weighted by molar-refractivity contribution is 0.660. The highest BCUT2D eigenvalue weighted by molar-refractivity contribution is 7.22. The monoisotopic (exact) mass is 899 g/mol. The Morgan fingerprint density at radius 2 is 0.826 bits per heavy atom. The van der Waals surface area contributed by atoms with Gasteiger partial charge in [-0.2, -0.15) is 0 Å². The Kier molecular flexibility index (Phi) is 8.44. The van der Waals surface area contributed by atoms with Gasteiger partial charge in [-0.05, 0) is 142 Å². The van der Waals surface area contributed by atoms with Gasteiger partial charge in [-0.25, -0.2) is 0 Å². The van der Waals surface area contributed by atoms with E-state index in [0.29, 0.717) is 0 Å². The minimum Gasteiger partial charge on any atom is -0.456 e. The van der Waals surface area contributed by atoms with Crippen molar-refractivity contribution in [2.75, 3.05) is 4.90 Å². The lowest BCUT2D eigenvalue weighted by atomic mass is 9.82. The number of furan rings is 1. The third-order valence-electron chi connectivity index (χ3n) is 16.2. The predicted molar refractivity (Wildman–Crippen MR) is 292 cm³/mol. The second-order valence-corrected chi connectivity index (χ2v) is 24.1. The normalized spacial score (nSPS) is 15.0. The van der Waals surface area contributed by atoms with Crippen molar-refractivity contribution >= 4 is 67.8 Å². The molecule has 0 fully saturated rings. The van der Waals surface area contributed by atoms with Crippen LogP contribution in [0.15, 0.2) is 229 Å². The van der Waals surface area contributed by atoms with Gasteiger partial charge in [-0.15, -0.1) is 0 Å². The van der Waals surface area contributed by atoms with Crippen LogP contribution < -0.4 is 25.6 Å². The molecule has 0 radical (unpaired) electrons. The van der Waals surface area contributed by atoms with Gasteiger partial charge in [-0.1, -0.05) is 198 Å². The molecule has 69 heavy (non-hydrogen) atoms. The smallest absolute Gasteiger partial charge is 0.180 e. The van der Waals surface area contributed by atoms with E-state index in [4.69, 9.17) is 4.42 Å². The molecule has 2 aliphatic carbocycles. The van der Waals surface area contributed by atoms with Gasteiger partial charge in [-0.3, -0.25) is 0 Å². The lowest BCUT2D eigenvalue weighted by Gasteiger charge is -2.31. The molecular weight excluding hydrogens is 851 g/mol. The maximum absolute atomic E-state index is 6.81. The molecule has 328 valence electrons. The van der Waals surface area contributed by atoms with Gasteiger partial charge >= 0.3 is 0 Å². The summed E-state index contributed by atoms with van der Waals surface area (Å²) in [4.78, 5) is 2.46. The zero-order valence-corrected chi connectivity index (χ0v) is 40.2. The van der Waals surface area contributed by atoms with Crippen LogP contribution in [0.4, 0.5) is 17.1 Å². The van der Waals surface area contributed by atoms with Crippen molar-refractivity contribution < 1.29 is 4.42 Å². The fraction of sp³-hybridized carbons (Fsp3) is 0.0909. The van der Waals surface area contributed by atoms with Crippen LogP contribution in [-0.2, 0) is 10.8 Å². The van der Waals surface area contributed by atoms with Gasteiger partial charge in [0.2, 0.25) is 0 Å². The van der Waals surface area contributed by atoms with Crippen LogP contribution in [0, 0.1) is 0 Å². The Morgan fingerprint density at radius 3 is 1.45 bits per heavy atom. The maximum Gasteiger partial charge on any atom is 0.180 e. The van der Waals surface area contributed by atoms with E-state index >= 15 is 0 Å². The summed E-state index contributed by atoms with van der Waals surface area (Å²) in [5, 5.41) is 7.90. The molecule has 0 bridgehead atoms. The molecule has 14 rings (SSSR count). The van der Waals surface area contributed by atoms with E-state index in [1.165, 1.54) is 81.9 Å². The molecule has 1 aliphatic heterocycles. The highest BCUT2D eigenvalue weighted by atomic mass is 28.3. The van der Waals surface area contributed by atoms with Crippen LogP contribution in [0.5, 0.6) is 0 Å². The number of benzene rings is 10. The molecule has 2 heterocycles. The van der Waals surface area contributed by atoms with Crippen molar-refractivity contribution in [3.05, 3.63) is 247 Å². The summed E-state index contributed by atoms with van der Waals surface area (Å²) < 4.78 is 6.81. The molecule has 11 aromatic rings. The van der Waals surface area contributed by atoms with Crippen molar-refractivity contribution in [1.29, 1.82) is 0 Å². The van der Waals surface area contributed by atoms with Gasteiger partial charge in [0.1, 0.15) is 11.2 Å². The Hall–Kier alpha value is -7.98. The van der Waals surface area contributed by atoms with Crippen molar-refractivity contribution in [3.63, 3.8) is 0 Å². The van der Waals surface area contributed by atoms with E-state index in [-0.39, 0.29) is 10.8 Å². The molecular formula is C66H49NOSi. The largest absolute Gasteiger partial charge is 0.456 e. The summed E-state index contributed by atoms with van der Waals surface area (Å²) >= 11 is 0. The highest BCUT2D eigenvalue weighted by Gasteiger charge is 2.48. The molecule has 0 amide bonds. The van der Waals surface area contributed by atoms with E-state index in [9.17, 15) is 0 Å². The fourth-order valence-corrected chi connectivity index (χ4v) is 18.1. The van der Waals surface area contributed by atoms with Crippen LogP contribution in [0.1, 0.15) is 49.9 Å². The summed E-state index contributed by atoms with van der Waals surface area (Å²) in [6.07, 6.45) is 0. The van der Waals surface area contributed by atoms with E-state index in [0.717, 1.165) is 44.6 Å². The quantitative estimate of drug-likeness (QED) is 0.155. The van der Waals surface area contributed by atoms with Crippen molar-refractivity contribution in [3.8, 4) is 44.5 Å². The van der Waals surface area contributed by atoms with E-state index in [1.54, 1.807) is 0 Å². The fourth-order valence-electron chi connectivity index (χ4n) is 12.8. The molecule has 0 atom stereocenters. The third kappa shape index (κ3) is 5.59. The van der Waals surface area contributed by atoms with Gasteiger partial charge in [0.05, 0.1) is 0 Å². The molecule has 0 saturated carbocycles. The first-order valence-electron chi connectivity index (χ1n) is 24.3. The van der Waals surface area contributed by atoms with E-state index in [1.807, 2.05) is 0 Å². The SMILES string of the molecule is CC1(C)c2ccccc2-c2ccc(N(c3ccc4c(c3)C(C)(C)c3ccccc3-4)c3ccc4oc5cc(-c6cccc([Si]7(c8ccccc8)c8ccccc8-c8ccccc87)c6)ccc5c4c3)cc21. The van der Waals surface area contributed by atoms with Gasteiger partial charge in [0.25, 0.3) is 0 Å². The number of nitrogens with zero attached hydrogens (tertiary/aromatic N) is 1. The number of anilines is 3. The van der Waals surface area contributed by atoms with Gasteiger partial charge in [0, 0.05) is 38.7 Å². The predicted octanol–water partition coefficient (Wildman–Crippen LogP) is 14.7. The summed E-state index contributed by atoms with van der Waals surface area (Å²) in [6.45, 7) is 9.46. The Balaban J connectivity index is 0.903. The molecule has 0 spiro atoms. The van der Waals surface area contributed by atoms with Crippen molar-refractivity contribution in [2.45, 2.75) is 38.5 Å². The standard InChI is InChI=1S/C66H49NOSi/c1-65(2)57-25-12-8-21-49(57)51-34-30-45(40-59(51)65)67(46-31-35-52-50-22-9-13-26-58(50)66(3,4)60(52)41-46)44-32-36-61-56(39-44)53-33-29-43(38-62(53)68-61)42-17-16-20-48(37-42)69(47-18-6-5-7-19-47)63-27-14-10-23-54(63)55-24-11-15-28-64(55)69/h5-41H,1-4H3. The first kappa shape index (κ1) is 40.1. The Morgan fingerprint density at radius 1 is 0.333 bits per heavy atom. The zero-order valence-electron chi connectivity index (χ0n) is 39.2. The van der Waals surface area contributed by atoms with Gasteiger partial charge < -0.3 is 9.32 Å². The topological polar surface area (TPSA) is 16.4 Å². The third-order valence-corrected chi connectivity index (χ3v) is 21.0. The minimum atomic E-state index is -2.63. The van der Waals surface area contributed by atoms with Crippen LogP contribution in [0.25, 0.3) is 66.4 Å². The zero-order chi connectivity index (χ0) is 46.2. The summed E-state index contributed by atoms with van der Waals surface area (Å²) in [5.41, 5.74) is 20.7. The highest BCUT2D eigenvalue weighted by Crippen LogP contribution is 2.53. The van der Waals surface area contributed by atoms with Crippen molar-refractivity contribution in [2.24, 2.45) is 0 Å². The van der Waals surface area contributed by atoms with Crippen LogP contribution >= 0.6 is 0 Å². The molecule has 0 unspecified atom stereocenters. The maximum atomic E-state index is 6.81. The minimum absolute atomic E-state index is 0.131. The van der Waals surface area contributed by atoms with Gasteiger partial charge in [0.15, 0.2) is 8.07 Å². The second kappa shape index (κ2) is 14.5. The van der Waals surface area contributed by atoms with Crippen molar-refractivity contribution in [1.82, 2.24) is 0 Å². The van der Waals surface area contributed by atoms with E-state index < -0.39 is 8.07 Å². The first-order valence-corrected chi connectivity index (χ1v) is 26.3. The summed E-state index contributed by atoms with van der Waals surface area (Å²) in [7, 11) is -2.63. The number of fused-ring (bicyclic) bond motifs is 12. The second-order valence-electron chi connectivity index (χ2n) is 20.4. The average Bonchev–Trinajstić information content (AvgIpc) is 4.06. The molecule has 3 heteroatoms. The molecule has 0 saturated heterocycles. The lowest BCUT2D eigenvalue weighted by Crippen LogP contribution is -2.72. The first-order chi connectivity index (χ1) is 33.7. The average molecular weight is 900 g/mol. The number of rotatable bonds is 6.